The van der Waals surface area contributed by atoms with Gasteiger partial charge in [-0.05, 0) is 38.1 Å². The first-order chi connectivity index (χ1) is 14.5. The number of nitrogens with one attached hydrogen (secondary N) is 2. The Labute approximate surface area is 173 Å². The lowest BCUT2D eigenvalue weighted by molar-refractivity contribution is 0.0525. The van der Waals surface area contributed by atoms with Crippen LogP contribution in [0.3, 0.4) is 0 Å². The minimum absolute atomic E-state index is 0.0267. The van der Waals surface area contributed by atoms with Crippen LogP contribution in [0.2, 0.25) is 0 Å². The zero-order valence-electron chi connectivity index (χ0n) is 16.5. The molecule has 0 radical (unpaired) electrons. The van der Waals surface area contributed by atoms with E-state index in [2.05, 4.69) is 20.6 Å². The largest absolute Gasteiger partial charge is 0.462 e. The molecular formula is C22H20N4O4. The van der Waals surface area contributed by atoms with Gasteiger partial charge in [0, 0.05) is 11.1 Å². The first kappa shape index (κ1) is 20.7. The standard InChI is InChI=1S/C22H20N4O4/c1-3-30-21(29)17-14(2)23-22(26-20(28)16-12-8-5-9-13-16)25-18(17)24-19(27)15-10-6-4-7-11-15/h4-13H,3H2,1-2H3,(H2,23,24,25,26,27,28). The van der Waals surface area contributed by atoms with E-state index in [1.807, 2.05) is 0 Å². The number of nitrogens with zero attached hydrogens (tertiary/aromatic N) is 2. The summed E-state index contributed by atoms with van der Waals surface area (Å²) in [4.78, 5) is 45.8. The third-order valence-corrected chi connectivity index (χ3v) is 4.10. The lowest BCUT2D eigenvalue weighted by Crippen LogP contribution is -2.21. The van der Waals surface area contributed by atoms with Crippen LogP contribution in [0.25, 0.3) is 0 Å². The summed E-state index contributed by atoms with van der Waals surface area (Å²) in [7, 11) is 0. The lowest BCUT2D eigenvalue weighted by atomic mass is 10.2. The Morgan fingerprint density at radius 1 is 0.833 bits per heavy atom. The van der Waals surface area contributed by atoms with Crippen LogP contribution in [-0.4, -0.2) is 34.4 Å². The zero-order valence-corrected chi connectivity index (χ0v) is 16.5. The van der Waals surface area contributed by atoms with Gasteiger partial charge in [0.1, 0.15) is 5.56 Å². The number of carbonyl (C=O) groups excluding carboxylic acids is 3. The van der Waals surface area contributed by atoms with Gasteiger partial charge in [0.15, 0.2) is 5.82 Å². The number of aromatic nitrogens is 2. The molecule has 30 heavy (non-hydrogen) atoms. The number of benzene rings is 2. The van der Waals surface area contributed by atoms with Gasteiger partial charge < -0.3 is 10.1 Å². The van der Waals surface area contributed by atoms with Crippen molar-refractivity contribution in [2.24, 2.45) is 0 Å². The third-order valence-electron chi connectivity index (χ3n) is 4.10. The molecule has 0 bridgehead atoms. The van der Waals surface area contributed by atoms with Crippen molar-refractivity contribution in [3.63, 3.8) is 0 Å². The van der Waals surface area contributed by atoms with Crippen LogP contribution in [0.1, 0.15) is 43.7 Å². The van der Waals surface area contributed by atoms with Gasteiger partial charge >= 0.3 is 5.97 Å². The molecule has 0 unspecified atom stereocenters. The second-order valence-corrected chi connectivity index (χ2v) is 6.22. The van der Waals surface area contributed by atoms with E-state index in [4.69, 9.17) is 4.74 Å². The molecular weight excluding hydrogens is 384 g/mol. The van der Waals surface area contributed by atoms with E-state index in [1.165, 1.54) is 0 Å². The van der Waals surface area contributed by atoms with Crippen LogP contribution in [0.15, 0.2) is 60.7 Å². The van der Waals surface area contributed by atoms with Crippen LogP contribution < -0.4 is 10.6 Å². The summed E-state index contributed by atoms with van der Waals surface area (Å²) in [5, 5.41) is 5.20. The predicted octanol–water partition coefficient (Wildman–Crippen LogP) is 3.47. The van der Waals surface area contributed by atoms with Crippen LogP contribution >= 0.6 is 0 Å². The first-order valence-corrected chi connectivity index (χ1v) is 9.28. The highest BCUT2D eigenvalue weighted by molar-refractivity contribution is 6.08. The third kappa shape index (κ3) is 4.85. The Morgan fingerprint density at radius 3 is 1.90 bits per heavy atom. The summed E-state index contributed by atoms with van der Waals surface area (Å²) in [5.41, 5.74) is 1.09. The number of hydrogen-bond donors (Lipinski definition) is 2. The number of rotatable bonds is 6. The zero-order chi connectivity index (χ0) is 21.5. The quantitative estimate of drug-likeness (QED) is 0.609. The Morgan fingerprint density at radius 2 is 1.37 bits per heavy atom. The number of hydrogen-bond acceptors (Lipinski definition) is 6. The Hall–Kier alpha value is -4.07. The molecule has 0 saturated heterocycles. The van der Waals surface area contributed by atoms with Gasteiger partial charge in [-0.15, -0.1) is 0 Å². The molecule has 0 saturated carbocycles. The van der Waals surface area contributed by atoms with Crippen molar-refractivity contribution in [2.75, 3.05) is 17.2 Å². The molecule has 0 aliphatic rings. The predicted molar refractivity (Wildman–Crippen MR) is 112 cm³/mol. The van der Waals surface area contributed by atoms with Crippen molar-refractivity contribution in [1.29, 1.82) is 0 Å². The smallest absolute Gasteiger partial charge is 0.343 e. The SMILES string of the molecule is CCOC(=O)c1c(C)nc(NC(=O)c2ccccc2)nc1NC(=O)c1ccccc1. The van der Waals surface area contributed by atoms with Gasteiger partial charge in [-0.1, -0.05) is 36.4 Å². The lowest BCUT2D eigenvalue weighted by Gasteiger charge is -2.14. The number of amides is 2. The minimum atomic E-state index is -0.667. The van der Waals surface area contributed by atoms with Crippen molar-refractivity contribution in [1.82, 2.24) is 9.97 Å². The molecule has 0 aliphatic carbocycles. The second-order valence-electron chi connectivity index (χ2n) is 6.22. The average molecular weight is 404 g/mol. The molecule has 1 aromatic heterocycles. The average Bonchev–Trinajstić information content (AvgIpc) is 2.75. The van der Waals surface area contributed by atoms with Crippen molar-refractivity contribution in [3.05, 3.63) is 83.0 Å². The molecule has 1 heterocycles. The van der Waals surface area contributed by atoms with Gasteiger partial charge in [-0.25, -0.2) is 9.78 Å². The van der Waals surface area contributed by atoms with Crippen LogP contribution in [0, 0.1) is 6.92 Å². The van der Waals surface area contributed by atoms with Crippen LogP contribution in [0.5, 0.6) is 0 Å². The fourth-order valence-corrected chi connectivity index (χ4v) is 2.70. The summed E-state index contributed by atoms with van der Waals surface area (Å²) in [6.07, 6.45) is 0. The van der Waals surface area contributed by atoms with E-state index >= 15 is 0 Å². The van der Waals surface area contributed by atoms with Crippen molar-refractivity contribution < 1.29 is 19.1 Å². The summed E-state index contributed by atoms with van der Waals surface area (Å²) in [5.74, 6) is -1.63. The molecule has 3 aromatic rings. The maximum absolute atomic E-state index is 12.6. The molecule has 0 aliphatic heterocycles. The van der Waals surface area contributed by atoms with Gasteiger partial charge in [0.2, 0.25) is 5.95 Å². The van der Waals surface area contributed by atoms with E-state index in [9.17, 15) is 14.4 Å². The summed E-state index contributed by atoms with van der Waals surface area (Å²) in [6, 6.07) is 17.0. The Balaban J connectivity index is 1.95. The van der Waals surface area contributed by atoms with Crippen LogP contribution in [0.4, 0.5) is 11.8 Å². The van der Waals surface area contributed by atoms with Gasteiger partial charge in [-0.2, -0.15) is 4.98 Å². The van der Waals surface area contributed by atoms with Crippen molar-refractivity contribution >= 4 is 29.5 Å². The van der Waals surface area contributed by atoms with Gasteiger partial charge in [-0.3, -0.25) is 14.9 Å². The maximum atomic E-state index is 12.6. The number of ether oxygens (including phenoxy) is 1. The first-order valence-electron chi connectivity index (χ1n) is 9.28. The van der Waals surface area contributed by atoms with E-state index < -0.39 is 17.8 Å². The number of aryl methyl sites for hydroxylation is 1. The summed E-state index contributed by atoms with van der Waals surface area (Å²) < 4.78 is 5.07. The summed E-state index contributed by atoms with van der Waals surface area (Å²) in [6.45, 7) is 3.39. The molecule has 8 nitrogen and oxygen atoms in total. The number of anilines is 2. The van der Waals surface area contributed by atoms with Crippen molar-refractivity contribution in [3.8, 4) is 0 Å². The second kappa shape index (κ2) is 9.42. The fraction of sp³-hybridized carbons (Fsp3) is 0.136. The topological polar surface area (TPSA) is 110 Å². The van der Waals surface area contributed by atoms with Gasteiger partial charge in [0.05, 0.1) is 12.3 Å². The van der Waals surface area contributed by atoms with Crippen molar-refractivity contribution in [2.45, 2.75) is 13.8 Å². The van der Waals surface area contributed by atoms with Gasteiger partial charge in [0.25, 0.3) is 11.8 Å². The molecule has 2 amide bonds. The molecule has 2 N–H and O–H groups in total. The number of carbonyl (C=O) groups is 3. The molecule has 3 rings (SSSR count). The number of esters is 1. The molecule has 2 aromatic carbocycles. The van der Waals surface area contributed by atoms with E-state index in [1.54, 1.807) is 74.5 Å². The molecule has 0 spiro atoms. The highest BCUT2D eigenvalue weighted by atomic mass is 16.5. The Kier molecular flexibility index (Phi) is 6.49. The monoisotopic (exact) mass is 404 g/mol. The normalized spacial score (nSPS) is 10.2. The van der Waals surface area contributed by atoms with E-state index in [0.717, 1.165) is 0 Å². The molecule has 0 fully saturated rings. The highest BCUT2D eigenvalue weighted by Crippen LogP contribution is 2.21. The van der Waals surface area contributed by atoms with E-state index in [-0.39, 0.29) is 29.6 Å². The molecule has 152 valence electrons. The summed E-state index contributed by atoms with van der Waals surface area (Å²) >= 11 is 0. The molecule has 8 heteroatoms. The minimum Gasteiger partial charge on any atom is -0.462 e. The van der Waals surface area contributed by atoms with E-state index in [0.29, 0.717) is 11.1 Å². The fourth-order valence-electron chi connectivity index (χ4n) is 2.70. The molecule has 0 atom stereocenters. The maximum Gasteiger partial charge on any atom is 0.343 e. The Bertz CT molecular complexity index is 1070. The highest BCUT2D eigenvalue weighted by Gasteiger charge is 2.22. The van der Waals surface area contributed by atoms with Crippen LogP contribution in [-0.2, 0) is 4.74 Å².